The third-order valence-electron chi connectivity index (χ3n) is 1.99. The summed E-state index contributed by atoms with van der Waals surface area (Å²) in [5, 5.41) is 11.6. The van der Waals surface area contributed by atoms with E-state index in [2.05, 4.69) is 15.4 Å². The van der Waals surface area contributed by atoms with Crippen molar-refractivity contribution in [3.63, 3.8) is 0 Å². The Hall–Kier alpha value is -0.970. The minimum absolute atomic E-state index is 0.255. The van der Waals surface area contributed by atoms with Crippen LogP contribution in [-0.2, 0) is 4.79 Å². The fourth-order valence-electron chi connectivity index (χ4n) is 1.17. The summed E-state index contributed by atoms with van der Waals surface area (Å²) in [6.07, 6.45) is 0. The number of carbonyl (C=O) groups is 1. The monoisotopic (exact) mass is 181 g/mol. The average Bonchev–Trinajstić information content (AvgIpc) is 2.29. The van der Waals surface area contributed by atoms with Crippen LogP contribution in [0.3, 0.4) is 0 Å². The van der Waals surface area contributed by atoms with Gasteiger partial charge >= 0.3 is 0 Å². The van der Waals surface area contributed by atoms with Crippen molar-refractivity contribution in [3.05, 3.63) is 11.1 Å². The molecule has 5 heteroatoms. The molecule has 0 radical (unpaired) electrons. The predicted octanol–water partition coefficient (Wildman–Crippen LogP) is 1.74. The van der Waals surface area contributed by atoms with Gasteiger partial charge in [-0.15, -0.1) is 5.10 Å². The summed E-state index contributed by atoms with van der Waals surface area (Å²) in [7, 11) is 0. The third-order valence-corrected chi connectivity index (χ3v) is 3.21. The molecule has 0 unspecified atom stereocenters. The second-order valence-corrected chi connectivity index (χ2v) is 4.05. The largest absolute Gasteiger partial charge is 0.299 e. The summed E-state index contributed by atoms with van der Waals surface area (Å²) in [6, 6.07) is 0. The molecule has 0 aliphatic carbocycles. The van der Waals surface area contributed by atoms with Gasteiger partial charge in [-0.25, -0.2) is 0 Å². The normalized spacial score (nSPS) is 27.7. The minimum atomic E-state index is -0.255. The molecule has 0 aromatic carbocycles. The Balaban J connectivity index is 2.54. The Morgan fingerprint density at radius 3 is 2.92 bits per heavy atom. The van der Waals surface area contributed by atoms with E-state index in [9.17, 15) is 4.79 Å². The first-order valence-electron chi connectivity index (χ1n) is 3.61. The maximum Gasteiger partial charge on any atom is 0.299 e. The molecule has 62 valence electrons. The number of nitrogens with zero attached hydrogens (tertiary/aromatic N) is 3. The molecule has 4 nitrogen and oxygen atoms in total. The molecule has 2 aliphatic heterocycles. The van der Waals surface area contributed by atoms with Crippen LogP contribution in [0, 0.1) is 0 Å². The van der Waals surface area contributed by atoms with Gasteiger partial charge in [0.1, 0.15) is 5.04 Å². The molecule has 0 N–H and O–H groups in total. The minimum Gasteiger partial charge on any atom is -0.265 e. The molecular formula is C7H7N3OS. The second-order valence-electron chi connectivity index (χ2n) is 2.72. The van der Waals surface area contributed by atoms with Gasteiger partial charge in [0.25, 0.3) is 5.91 Å². The molecule has 0 spiro atoms. The van der Waals surface area contributed by atoms with E-state index in [4.69, 9.17) is 0 Å². The van der Waals surface area contributed by atoms with Crippen LogP contribution in [0.4, 0.5) is 0 Å². The van der Waals surface area contributed by atoms with Crippen molar-refractivity contribution >= 4 is 22.7 Å². The van der Waals surface area contributed by atoms with Gasteiger partial charge in [-0.05, 0) is 24.6 Å². The molecule has 2 rings (SSSR count). The molecule has 1 atom stereocenters. The Kier molecular flexibility index (Phi) is 1.61. The molecule has 12 heavy (non-hydrogen) atoms. The van der Waals surface area contributed by atoms with E-state index in [-0.39, 0.29) is 5.91 Å². The maximum absolute atomic E-state index is 11.2. The number of thioether (sulfide) groups is 1. The SMILES string of the molecule is CC1=C2C(=O)N=NN=C2S[C@H]1C. The maximum atomic E-state index is 11.2. The summed E-state index contributed by atoms with van der Waals surface area (Å²) in [5.74, 6) is -0.255. The van der Waals surface area contributed by atoms with E-state index in [0.717, 1.165) is 10.6 Å². The second kappa shape index (κ2) is 2.52. The molecule has 2 heterocycles. The van der Waals surface area contributed by atoms with Crippen LogP contribution in [0.5, 0.6) is 0 Å². The van der Waals surface area contributed by atoms with Crippen LogP contribution in [0.1, 0.15) is 13.8 Å². The van der Waals surface area contributed by atoms with Crippen LogP contribution in [0.25, 0.3) is 0 Å². The Morgan fingerprint density at radius 2 is 2.25 bits per heavy atom. The predicted molar refractivity (Wildman–Crippen MR) is 47.1 cm³/mol. The number of rotatable bonds is 0. The van der Waals surface area contributed by atoms with Gasteiger partial charge in [-0.3, -0.25) is 4.79 Å². The van der Waals surface area contributed by atoms with Crippen molar-refractivity contribution in [2.24, 2.45) is 15.4 Å². The van der Waals surface area contributed by atoms with Gasteiger partial charge in [-0.1, -0.05) is 16.9 Å². The van der Waals surface area contributed by atoms with E-state index in [0.29, 0.717) is 10.8 Å². The van der Waals surface area contributed by atoms with Gasteiger partial charge < -0.3 is 0 Å². The van der Waals surface area contributed by atoms with Crippen molar-refractivity contribution in [2.45, 2.75) is 19.1 Å². The van der Waals surface area contributed by atoms with Gasteiger partial charge in [-0.2, -0.15) is 0 Å². The van der Waals surface area contributed by atoms with Gasteiger partial charge in [0, 0.05) is 5.25 Å². The summed E-state index contributed by atoms with van der Waals surface area (Å²) < 4.78 is 0. The fraction of sp³-hybridized carbons (Fsp3) is 0.429. The molecule has 2 aliphatic rings. The molecule has 0 fully saturated rings. The standard InChI is InChI=1S/C7H7N3OS/c1-3-4(2)12-7-5(3)6(11)8-10-9-7/h4H,1-2H3/t4-/m0/s1. The zero-order valence-corrected chi connectivity index (χ0v) is 7.55. The van der Waals surface area contributed by atoms with Crippen molar-refractivity contribution in [3.8, 4) is 0 Å². The Morgan fingerprint density at radius 1 is 1.50 bits per heavy atom. The van der Waals surface area contributed by atoms with Crippen molar-refractivity contribution in [1.82, 2.24) is 0 Å². The smallest absolute Gasteiger partial charge is 0.265 e. The van der Waals surface area contributed by atoms with E-state index in [1.807, 2.05) is 13.8 Å². The Labute approximate surface area is 73.8 Å². The highest BCUT2D eigenvalue weighted by atomic mass is 32.2. The lowest BCUT2D eigenvalue weighted by molar-refractivity contribution is -0.114. The van der Waals surface area contributed by atoms with E-state index >= 15 is 0 Å². The van der Waals surface area contributed by atoms with Crippen LogP contribution in [-0.4, -0.2) is 16.2 Å². The lowest BCUT2D eigenvalue weighted by Crippen LogP contribution is -2.08. The lowest BCUT2D eigenvalue weighted by atomic mass is 10.1. The highest BCUT2D eigenvalue weighted by Gasteiger charge is 2.32. The van der Waals surface area contributed by atoms with E-state index in [1.165, 1.54) is 0 Å². The zero-order valence-electron chi connectivity index (χ0n) is 6.74. The zero-order chi connectivity index (χ0) is 8.72. The number of fused-ring (bicyclic) bond motifs is 1. The highest BCUT2D eigenvalue weighted by molar-refractivity contribution is 8.15. The van der Waals surface area contributed by atoms with Gasteiger partial charge in [0.2, 0.25) is 0 Å². The van der Waals surface area contributed by atoms with E-state index < -0.39 is 0 Å². The van der Waals surface area contributed by atoms with Crippen LogP contribution in [0.15, 0.2) is 26.6 Å². The van der Waals surface area contributed by atoms with Crippen LogP contribution >= 0.6 is 11.8 Å². The van der Waals surface area contributed by atoms with Crippen LogP contribution in [0.2, 0.25) is 0 Å². The van der Waals surface area contributed by atoms with Crippen molar-refractivity contribution < 1.29 is 4.79 Å². The first-order chi connectivity index (χ1) is 5.70. The fourth-order valence-corrected chi connectivity index (χ4v) is 2.25. The lowest BCUT2D eigenvalue weighted by Gasteiger charge is -1.99. The average molecular weight is 181 g/mol. The quantitative estimate of drug-likeness (QED) is 0.571. The first-order valence-corrected chi connectivity index (χ1v) is 4.49. The first kappa shape index (κ1) is 7.67. The molecule has 0 aromatic heterocycles. The van der Waals surface area contributed by atoms with Gasteiger partial charge in [0.15, 0.2) is 0 Å². The molecule has 1 amide bonds. The number of hydrogen-bond donors (Lipinski definition) is 0. The summed E-state index contributed by atoms with van der Waals surface area (Å²) in [5.41, 5.74) is 1.71. The van der Waals surface area contributed by atoms with Gasteiger partial charge in [0.05, 0.1) is 5.57 Å². The van der Waals surface area contributed by atoms with Crippen molar-refractivity contribution in [1.29, 1.82) is 0 Å². The molecule has 0 bridgehead atoms. The molecule has 0 aromatic rings. The summed E-state index contributed by atoms with van der Waals surface area (Å²) >= 11 is 1.56. The van der Waals surface area contributed by atoms with E-state index in [1.54, 1.807) is 11.8 Å². The number of hydrogen-bond acceptors (Lipinski definition) is 4. The number of amides is 1. The van der Waals surface area contributed by atoms with Crippen molar-refractivity contribution in [2.75, 3.05) is 0 Å². The molecule has 0 saturated heterocycles. The molecular weight excluding hydrogens is 174 g/mol. The highest BCUT2D eigenvalue weighted by Crippen LogP contribution is 2.36. The summed E-state index contributed by atoms with van der Waals surface area (Å²) in [6.45, 7) is 3.98. The van der Waals surface area contributed by atoms with Crippen LogP contribution < -0.4 is 0 Å². The topological polar surface area (TPSA) is 54.1 Å². The summed E-state index contributed by atoms with van der Waals surface area (Å²) in [4.78, 5) is 11.2. The Bertz CT molecular complexity index is 343. The number of carbonyl (C=O) groups excluding carboxylic acids is 1. The molecule has 0 saturated carbocycles. The third kappa shape index (κ3) is 0.929.